The number of para-hydroxylation sites is 1. The SMILES string of the molecule is N#Cc1ccccc1Oc1cccc(C=O)c1. The van der Waals surface area contributed by atoms with Gasteiger partial charge in [-0.15, -0.1) is 0 Å². The molecule has 0 spiro atoms. The van der Waals surface area contributed by atoms with Crippen molar-refractivity contribution in [2.24, 2.45) is 0 Å². The predicted octanol–water partition coefficient (Wildman–Crippen LogP) is 3.16. The van der Waals surface area contributed by atoms with Gasteiger partial charge < -0.3 is 4.74 Å². The highest BCUT2D eigenvalue weighted by molar-refractivity contribution is 5.75. The molecule has 0 radical (unpaired) electrons. The van der Waals surface area contributed by atoms with Gasteiger partial charge in [-0.05, 0) is 24.3 Å². The Balaban J connectivity index is 2.31. The minimum Gasteiger partial charge on any atom is -0.456 e. The van der Waals surface area contributed by atoms with Crippen LogP contribution in [0.15, 0.2) is 48.5 Å². The first kappa shape index (κ1) is 10.9. The molecule has 0 fully saturated rings. The van der Waals surface area contributed by atoms with Crippen molar-refractivity contribution in [3.8, 4) is 17.6 Å². The van der Waals surface area contributed by atoms with E-state index in [-0.39, 0.29) is 0 Å². The zero-order valence-electron chi connectivity index (χ0n) is 8.96. The van der Waals surface area contributed by atoms with Gasteiger partial charge >= 0.3 is 0 Å². The number of aldehydes is 1. The van der Waals surface area contributed by atoms with Crippen LogP contribution in [0.3, 0.4) is 0 Å². The number of hydrogen-bond donors (Lipinski definition) is 0. The Bertz CT molecular complexity index is 585. The van der Waals surface area contributed by atoms with Crippen molar-refractivity contribution in [3.05, 3.63) is 59.7 Å². The highest BCUT2D eigenvalue weighted by atomic mass is 16.5. The van der Waals surface area contributed by atoms with E-state index in [1.165, 1.54) is 0 Å². The molecule has 0 aromatic heterocycles. The molecule has 2 rings (SSSR count). The van der Waals surface area contributed by atoms with Crippen LogP contribution in [0.4, 0.5) is 0 Å². The van der Waals surface area contributed by atoms with E-state index in [2.05, 4.69) is 0 Å². The zero-order chi connectivity index (χ0) is 12.1. The van der Waals surface area contributed by atoms with Gasteiger partial charge in [-0.2, -0.15) is 5.26 Å². The Morgan fingerprint density at radius 3 is 2.71 bits per heavy atom. The molecule has 0 aliphatic carbocycles. The summed E-state index contributed by atoms with van der Waals surface area (Å²) in [5.74, 6) is 1.02. The van der Waals surface area contributed by atoms with Gasteiger partial charge in [-0.1, -0.05) is 24.3 Å². The van der Waals surface area contributed by atoms with E-state index in [1.54, 1.807) is 48.5 Å². The van der Waals surface area contributed by atoms with Crippen LogP contribution in [0.1, 0.15) is 15.9 Å². The minimum absolute atomic E-state index is 0.462. The first-order valence-electron chi connectivity index (χ1n) is 5.05. The van der Waals surface area contributed by atoms with Crippen LogP contribution in [0.2, 0.25) is 0 Å². The molecule has 0 aliphatic rings. The van der Waals surface area contributed by atoms with Crippen LogP contribution in [0.25, 0.3) is 0 Å². The number of ether oxygens (including phenoxy) is 1. The summed E-state index contributed by atoms with van der Waals surface area (Å²) in [5, 5.41) is 8.91. The second kappa shape index (κ2) is 4.95. The molecule has 0 atom stereocenters. The Morgan fingerprint density at radius 1 is 1.12 bits per heavy atom. The molecule has 0 saturated carbocycles. The van der Waals surface area contributed by atoms with E-state index in [0.29, 0.717) is 22.6 Å². The second-order valence-electron chi connectivity index (χ2n) is 3.40. The Kier molecular flexibility index (Phi) is 3.18. The van der Waals surface area contributed by atoms with E-state index in [0.717, 1.165) is 6.29 Å². The maximum Gasteiger partial charge on any atom is 0.150 e. The Labute approximate surface area is 98.9 Å². The van der Waals surface area contributed by atoms with Gasteiger partial charge in [0.1, 0.15) is 23.9 Å². The van der Waals surface area contributed by atoms with Crippen molar-refractivity contribution in [2.75, 3.05) is 0 Å². The molecule has 0 heterocycles. The highest BCUT2D eigenvalue weighted by Gasteiger charge is 2.03. The number of carbonyl (C=O) groups is 1. The lowest BCUT2D eigenvalue weighted by molar-refractivity contribution is 0.112. The Hall–Kier alpha value is -2.60. The molecule has 0 aliphatic heterocycles. The van der Waals surface area contributed by atoms with Crippen LogP contribution in [0.5, 0.6) is 11.5 Å². The zero-order valence-corrected chi connectivity index (χ0v) is 8.96. The van der Waals surface area contributed by atoms with E-state index in [9.17, 15) is 4.79 Å². The summed E-state index contributed by atoms with van der Waals surface area (Å²) in [5.41, 5.74) is 1.00. The monoisotopic (exact) mass is 223 g/mol. The third-order valence-electron chi connectivity index (χ3n) is 2.23. The van der Waals surface area contributed by atoms with Crippen LogP contribution < -0.4 is 4.74 Å². The minimum atomic E-state index is 0.462. The maximum absolute atomic E-state index is 10.6. The molecule has 0 bridgehead atoms. The number of benzene rings is 2. The summed E-state index contributed by atoms with van der Waals surface area (Å²) in [7, 11) is 0. The van der Waals surface area contributed by atoms with E-state index >= 15 is 0 Å². The van der Waals surface area contributed by atoms with Gasteiger partial charge in [0.25, 0.3) is 0 Å². The van der Waals surface area contributed by atoms with Crippen LogP contribution in [-0.2, 0) is 0 Å². The molecule has 17 heavy (non-hydrogen) atoms. The maximum atomic E-state index is 10.6. The first-order chi connectivity index (χ1) is 8.33. The summed E-state index contributed by atoms with van der Waals surface area (Å²) < 4.78 is 5.56. The third kappa shape index (κ3) is 2.50. The standard InChI is InChI=1S/C14H9NO2/c15-9-12-5-1-2-7-14(12)17-13-6-3-4-11(8-13)10-16/h1-8,10H. The summed E-state index contributed by atoms with van der Waals surface area (Å²) >= 11 is 0. The molecule has 3 heteroatoms. The normalized spacial score (nSPS) is 9.35. The van der Waals surface area contributed by atoms with Crippen molar-refractivity contribution < 1.29 is 9.53 Å². The Morgan fingerprint density at radius 2 is 1.94 bits per heavy atom. The predicted molar refractivity (Wildman–Crippen MR) is 63.1 cm³/mol. The quantitative estimate of drug-likeness (QED) is 0.751. The van der Waals surface area contributed by atoms with Gasteiger partial charge in [0.2, 0.25) is 0 Å². The largest absolute Gasteiger partial charge is 0.456 e. The number of carbonyl (C=O) groups excluding carboxylic acids is 1. The number of rotatable bonds is 3. The molecule has 82 valence electrons. The number of hydrogen-bond acceptors (Lipinski definition) is 3. The van der Waals surface area contributed by atoms with Crippen molar-refractivity contribution in [1.29, 1.82) is 5.26 Å². The van der Waals surface area contributed by atoms with Crippen molar-refractivity contribution in [2.45, 2.75) is 0 Å². The number of nitriles is 1. The lowest BCUT2D eigenvalue weighted by Gasteiger charge is -2.07. The topological polar surface area (TPSA) is 50.1 Å². The van der Waals surface area contributed by atoms with Crippen LogP contribution in [0, 0.1) is 11.3 Å². The van der Waals surface area contributed by atoms with Gasteiger partial charge in [-0.3, -0.25) is 4.79 Å². The van der Waals surface area contributed by atoms with E-state index in [4.69, 9.17) is 10.00 Å². The van der Waals surface area contributed by atoms with Crippen molar-refractivity contribution in [3.63, 3.8) is 0 Å². The molecule has 0 amide bonds. The van der Waals surface area contributed by atoms with Crippen molar-refractivity contribution >= 4 is 6.29 Å². The lowest BCUT2D eigenvalue weighted by atomic mass is 10.2. The summed E-state index contributed by atoms with van der Waals surface area (Å²) in [6.45, 7) is 0. The molecular weight excluding hydrogens is 214 g/mol. The van der Waals surface area contributed by atoms with Gasteiger partial charge in [0.15, 0.2) is 0 Å². The first-order valence-corrected chi connectivity index (χ1v) is 5.05. The van der Waals surface area contributed by atoms with Gasteiger partial charge in [-0.25, -0.2) is 0 Å². The van der Waals surface area contributed by atoms with Gasteiger partial charge in [0.05, 0.1) is 5.56 Å². The molecular formula is C14H9NO2. The third-order valence-corrected chi connectivity index (χ3v) is 2.23. The molecule has 3 nitrogen and oxygen atoms in total. The van der Waals surface area contributed by atoms with Gasteiger partial charge in [0, 0.05) is 5.56 Å². The van der Waals surface area contributed by atoms with E-state index in [1.807, 2.05) is 6.07 Å². The van der Waals surface area contributed by atoms with Crippen LogP contribution >= 0.6 is 0 Å². The molecule has 2 aromatic rings. The van der Waals surface area contributed by atoms with Crippen molar-refractivity contribution in [1.82, 2.24) is 0 Å². The fourth-order valence-electron chi connectivity index (χ4n) is 1.43. The lowest BCUT2D eigenvalue weighted by Crippen LogP contribution is -1.89. The smallest absolute Gasteiger partial charge is 0.150 e. The fourth-order valence-corrected chi connectivity index (χ4v) is 1.43. The average Bonchev–Trinajstić information content (AvgIpc) is 2.39. The molecule has 0 N–H and O–H groups in total. The second-order valence-corrected chi connectivity index (χ2v) is 3.40. The molecule has 0 unspecified atom stereocenters. The van der Waals surface area contributed by atoms with E-state index < -0.39 is 0 Å². The highest BCUT2D eigenvalue weighted by Crippen LogP contribution is 2.24. The number of nitrogens with zero attached hydrogens (tertiary/aromatic N) is 1. The molecule has 2 aromatic carbocycles. The molecule has 0 saturated heterocycles. The summed E-state index contributed by atoms with van der Waals surface area (Å²) in [6.07, 6.45) is 0.753. The summed E-state index contributed by atoms with van der Waals surface area (Å²) in [6, 6.07) is 15.8. The summed E-state index contributed by atoms with van der Waals surface area (Å²) in [4.78, 5) is 10.6. The van der Waals surface area contributed by atoms with Crippen LogP contribution in [-0.4, -0.2) is 6.29 Å². The average molecular weight is 223 g/mol. The fraction of sp³-hybridized carbons (Fsp3) is 0.